The first kappa shape index (κ1) is 20.3. The van der Waals surface area contributed by atoms with Crippen molar-refractivity contribution in [3.05, 3.63) is 53.1 Å². The van der Waals surface area contributed by atoms with Gasteiger partial charge in [0.05, 0.1) is 11.7 Å². The Morgan fingerprint density at radius 3 is 2.86 bits per heavy atom. The lowest BCUT2D eigenvalue weighted by molar-refractivity contribution is 0.242. The summed E-state index contributed by atoms with van der Waals surface area (Å²) in [5.41, 5.74) is 11.1. The van der Waals surface area contributed by atoms with Crippen LogP contribution >= 0.6 is 23.9 Å². The van der Waals surface area contributed by atoms with Crippen LogP contribution in [-0.2, 0) is 6.42 Å². The third kappa shape index (κ3) is 3.74. The van der Waals surface area contributed by atoms with E-state index in [2.05, 4.69) is 22.6 Å². The van der Waals surface area contributed by atoms with Crippen LogP contribution in [0.25, 0.3) is 22.0 Å². The fraction of sp³-hybridized carbons (Fsp3) is 0.286. The number of benzene rings is 2. The Labute approximate surface area is 174 Å². The van der Waals surface area contributed by atoms with Gasteiger partial charge in [-0.15, -0.1) is 12.4 Å². The molecule has 0 radical (unpaired) electrons. The average Bonchev–Trinajstić information content (AvgIpc) is 3.29. The number of nitrogens with zero attached hydrogens (tertiary/aromatic N) is 3. The van der Waals surface area contributed by atoms with Crippen molar-refractivity contribution in [1.29, 1.82) is 5.26 Å². The maximum Gasteiger partial charge on any atom is 0.173 e. The summed E-state index contributed by atoms with van der Waals surface area (Å²) >= 11 is 1.34. The summed E-state index contributed by atoms with van der Waals surface area (Å²) in [6.07, 6.45) is 1.94. The van der Waals surface area contributed by atoms with Crippen molar-refractivity contribution in [3.8, 4) is 33.8 Å². The number of nitriles is 1. The normalized spacial score (nSPS) is 15.0. The minimum atomic E-state index is 0. The molecule has 1 aliphatic carbocycles. The molecule has 7 heteroatoms. The van der Waals surface area contributed by atoms with Crippen LogP contribution < -0.4 is 10.5 Å². The largest absolute Gasteiger partial charge is 0.490 e. The summed E-state index contributed by atoms with van der Waals surface area (Å²) < 4.78 is 10.3. The maximum absolute atomic E-state index is 9.44. The lowest BCUT2D eigenvalue weighted by Gasteiger charge is -2.11. The van der Waals surface area contributed by atoms with Crippen LogP contribution in [0.2, 0.25) is 0 Å². The highest BCUT2D eigenvalue weighted by atomic mass is 35.5. The fourth-order valence-corrected chi connectivity index (χ4v) is 4.12. The minimum Gasteiger partial charge on any atom is -0.490 e. The molecule has 28 heavy (non-hydrogen) atoms. The molecule has 4 rings (SSSR count). The lowest BCUT2D eigenvalue weighted by atomic mass is 10.0. The van der Waals surface area contributed by atoms with Gasteiger partial charge in [0.15, 0.2) is 5.82 Å². The fourth-order valence-electron chi connectivity index (χ4n) is 3.45. The van der Waals surface area contributed by atoms with E-state index in [9.17, 15) is 5.26 Å². The molecule has 0 saturated carbocycles. The summed E-state index contributed by atoms with van der Waals surface area (Å²) in [6, 6.07) is 14.0. The van der Waals surface area contributed by atoms with Crippen molar-refractivity contribution in [2.24, 2.45) is 5.73 Å². The zero-order chi connectivity index (χ0) is 19.0. The molecule has 1 aromatic heterocycles. The lowest BCUT2D eigenvalue weighted by Crippen LogP contribution is -2.06. The number of ether oxygens (including phenoxy) is 1. The molecule has 0 unspecified atom stereocenters. The van der Waals surface area contributed by atoms with Gasteiger partial charge in [-0.2, -0.15) is 9.64 Å². The predicted molar refractivity (Wildman–Crippen MR) is 114 cm³/mol. The molecule has 0 bridgehead atoms. The standard InChI is InChI=1S/C21H20N4OS.ClH/c1-12(2)26-19-9-6-13(10-14(19)11-22)21-24-20(25-27-21)17-5-3-4-16-15(17)7-8-18(16)23;/h3-6,9-10,12,18H,7-8,23H2,1-2H3;1H/t18-;/m1./s1. The van der Waals surface area contributed by atoms with Gasteiger partial charge >= 0.3 is 0 Å². The van der Waals surface area contributed by atoms with Crippen molar-refractivity contribution in [3.63, 3.8) is 0 Å². The molecule has 1 atom stereocenters. The highest BCUT2D eigenvalue weighted by Gasteiger charge is 2.23. The molecule has 1 heterocycles. The second-order valence-corrected chi connectivity index (χ2v) is 7.68. The molecule has 0 saturated heterocycles. The van der Waals surface area contributed by atoms with Crippen molar-refractivity contribution in [2.75, 3.05) is 0 Å². The van der Waals surface area contributed by atoms with Gasteiger partial charge in [0, 0.05) is 17.2 Å². The number of halogens is 1. The van der Waals surface area contributed by atoms with Gasteiger partial charge in [0.1, 0.15) is 16.8 Å². The Hall–Kier alpha value is -2.46. The van der Waals surface area contributed by atoms with Crippen LogP contribution in [0.3, 0.4) is 0 Å². The predicted octanol–water partition coefficient (Wildman–Crippen LogP) is 4.90. The number of hydrogen-bond acceptors (Lipinski definition) is 6. The molecule has 0 amide bonds. The summed E-state index contributed by atoms with van der Waals surface area (Å²) in [5, 5.41) is 10.2. The number of rotatable bonds is 4. The molecule has 144 valence electrons. The quantitative estimate of drug-likeness (QED) is 0.658. The van der Waals surface area contributed by atoms with Gasteiger partial charge in [-0.25, -0.2) is 4.98 Å². The Kier molecular flexibility index (Phi) is 5.99. The van der Waals surface area contributed by atoms with Gasteiger partial charge in [-0.3, -0.25) is 0 Å². The smallest absolute Gasteiger partial charge is 0.173 e. The molecule has 0 spiro atoms. The van der Waals surface area contributed by atoms with E-state index in [1.807, 2.05) is 38.1 Å². The number of nitrogens with two attached hydrogens (primary N) is 1. The highest BCUT2D eigenvalue weighted by Crippen LogP contribution is 2.37. The van der Waals surface area contributed by atoms with Crippen LogP contribution in [0.1, 0.15) is 43.0 Å². The molecular weight excluding hydrogens is 392 g/mol. The van der Waals surface area contributed by atoms with Crippen LogP contribution in [0, 0.1) is 11.3 Å². The van der Waals surface area contributed by atoms with E-state index in [0.29, 0.717) is 11.3 Å². The van der Waals surface area contributed by atoms with Crippen molar-refractivity contribution in [2.45, 2.75) is 38.8 Å². The van der Waals surface area contributed by atoms with E-state index in [1.165, 1.54) is 22.7 Å². The van der Waals surface area contributed by atoms with E-state index in [-0.39, 0.29) is 24.6 Å². The zero-order valence-electron chi connectivity index (χ0n) is 15.7. The van der Waals surface area contributed by atoms with E-state index < -0.39 is 0 Å². The molecule has 2 N–H and O–H groups in total. The van der Waals surface area contributed by atoms with Crippen molar-refractivity contribution < 1.29 is 4.74 Å². The first-order valence-corrected chi connectivity index (χ1v) is 9.76. The van der Waals surface area contributed by atoms with Crippen LogP contribution in [0.15, 0.2) is 36.4 Å². The monoisotopic (exact) mass is 412 g/mol. The topological polar surface area (TPSA) is 84.8 Å². The maximum atomic E-state index is 9.44. The van der Waals surface area contributed by atoms with Gasteiger partial charge in [0.2, 0.25) is 0 Å². The van der Waals surface area contributed by atoms with E-state index in [0.717, 1.165) is 34.8 Å². The Bertz CT molecular complexity index is 1040. The molecule has 0 fully saturated rings. The van der Waals surface area contributed by atoms with Gasteiger partial charge in [-0.1, -0.05) is 18.2 Å². The Balaban J connectivity index is 0.00000225. The summed E-state index contributed by atoms with van der Waals surface area (Å²) in [7, 11) is 0. The molecule has 1 aliphatic rings. The van der Waals surface area contributed by atoms with Gasteiger partial charge < -0.3 is 10.5 Å². The SMILES string of the molecule is CC(C)Oc1ccc(-c2nc(-c3cccc4c3CC[C@H]4N)ns2)cc1C#N.Cl. The van der Waals surface area contributed by atoms with Gasteiger partial charge in [0.25, 0.3) is 0 Å². The van der Waals surface area contributed by atoms with Crippen LogP contribution in [-0.4, -0.2) is 15.5 Å². The van der Waals surface area contributed by atoms with Crippen LogP contribution in [0.4, 0.5) is 0 Å². The van der Waals surface area contributed by atoms with Crippen LogP contribution in [0.5, 0.6) is 5.75 Å². The summed E-state index contributed by atoms with van der Waals surface area (Å²) in [5.74, 6) is 1.32. The molecule has 0 aliphatic heterocycles. The first-order valence-electron chi connectivity index (χ1n) is 8.99. The second kappa shape index (κ2) is 8.27. The Morgan fingerprint density at radius 1 is 1.29 bits per heavy atom. The third-order valence-electron chi connectivity index (χ3n) is 4.69. The van der Waals surface area contributed by atoms with E-state index in [1.54, 1.807) is 0 Å². The first-order chi connectivity index (χ1) is 13.1. The Morgan fingerprint density at radius 2 is 2.11 bits per heavy atom. The molecular formula is C21H21ClN4OS. The summed E-state index contributed by atoms with van der Waals surface area (Å²) in [6.45, 7) is 3.88. The van der Waals surface area contributed by atoms with Gasteiger partial charge in [-0.05, 0) is 67.5 Å². The molecule has 3 aromatic rings. The number of hydrogen-bond donors (Lipinski definition) is 1. The van der Waals surface area contributed by atoms with Crippen molar-refractivity contribution >= 4 is 23.9 Å². The zero-order valence-corrected chi connectivity index (χ0v) is 17.3. The van der Waals surface area contributed by atoms with Crippen molar-refractivity contribution in [1.82, 2.24) is 9.36 Å². The minimum absolute atomic E-state index is 0. The number of fused-ring (bicyclic) bond motifs is 1. The third-order valence-corrected chi connectivity index (χ3v) is 5.46. The average molecular weight is 413 g/mol. The number of aromatic nitrogens is 2. The summed E-state index contributed by atoms with van der Waals surface area (Å²) in [4.78, 5) is 4.74. The second-order valence-electron chi connectivity index (χ2n) is 6.93. The molecule has 2 aromatic carbocycles. The molecule has 5 nitrogen and oxygen atoms in total. The van der Waals surface area contributed by atoms with E-state index >= 15 is 0 Å². The van der Waals surface area contributed by atoms with E-state index in [4.69, 9.17) is 15.5 Å². The highest BCUT2D eigenvalue weighted by molar-refractivity contribution is 7.09.